The lowest BCUT2D eigenvalue weighted by molar-refractivity contribution is 0.0697. The Morgan fingerprint density at radius 3 is 2.33 bits per heavy atom. The van der Waals surface area contributed by atoms with Gasteiger partial charge >= 0.3 is 5.97 Å². The van der Waals surface area contributed by atoms with Gasteiger partial charge < -0.3 is 10.4 Å². The fourth-order valence-electron chi connectivity index (χ4n) is 4.13. The Hall–Kier alpha value is -1.51. The van der Waals surface area contributed by atoms with Gasteiger partial charge in [0.1, 0.15) is 0 Å². The molecule has 3 heteroatoms. The van der Waals surface area contributed by atoms with E-state index in [4.69, 9.17) is 5.11 Å². The highest BCUT2D eigenvalue weighted by Gasteiger charge is 2.31. The molecular weight excluding hydrogens is 262 g/mol. The van der Waals surface area contributed by atoms with Crippen molar-refractivity contribution in [1.29, 1.82) is 0 Å². The number of anilines is 1. The molecule has 1 aromatic carbocycles. The largest absolute Gasteiger partial charge is 0.478 e. The zero-order chi connectivity index (χ0) is 14.7. The Balaban J connectivity index is 1.53. The second-order valence-corrected chi connectivity index (χ2v) is 6.69. The van der Waals surface area contributed by atoms with Gasteiger partial charge in [-0.15, -0.1) is 0 Å². The standard InChI is InChI=1S/C18H25NO2/c20-18(21)14-6-9-16(10-7-14)19-17-11-8-15(12-17)13-4-2-1-3-5-13/h6-7,9-10,13,15,17,19H,1-5,8,11-12H2,(H,20,21). The second kappa shape index (κ2) is 6.50. The first kappa shape index (κ1) is 14.4. The second-order valence-electron chi connectivity index (χ2n) is 6.69. The van der Waals surface area contributed by atoms with Crippen LogP contribution in [-0.2, 0) is 0 Å². The van der Waals surface area contributed by atoms with E-state index < -0.39 is 5.97 Å². The fraction of sp³-hybridized carbons (Fsp3) is 0.611. The maximum Gasteiger partial charge on any atom is 0.335 e. The lowest BCUT2D eigenvalue weighted by Crippen LogP contribution is -2.19. The summed E-state index contributed by atoms with van der Waals surface area (Å²) in [6.07, 6.45) is 11.0. The monoisotopic (exact) mass is 287 g/mol. The van der Waals surface area contributed by atoms with Crippen molar-refractivity contribution >= 4 is 11.7 Å². The number of nitrogens with one attached hydrogen (secondary N) is 1. The number of rotatable bonds is 4. The van der Waals surface area contributed by atoms with Gasteiger partial charge in [-0.3, -0.25) is 0 Å². The van der Waals surface area contributed by atoms with Crippen LogP contribution in [0.15, 0.2) is 24.3 Å². The number of hydrogen-bond acceptors (Lipinski definition) is 2. The van der Waals surface area contributed by atoms with Crippen LogP contribution < -0.4 is 5.32 Å². The van der Waals surface area contributed by atoms with E-state index in [0.29, 0.717) is 11.6 Å². The zero-order valence-electron chi connectivity index (χ0n) is 12.6. The molecule has 2 fully saturated rings. The molecule has 21 heavy (non-hydrogen) atoms. The molecule has 2 N–H and O–H groups in total. The minimum atomic E-state index is -0.861. The number of benzene rings is 1. The van der Waals surface area contributed by atoms with E-state index in [1.54, 1.807) is 12.1 Å². The van der Waals surface area contributed by atoms with Crippen molar-refractivity contribution in [2.24, 2.45) is 11.8 Å². The molecule has 2 unspecified atom stereocenters. The first-order valence-corrected chi connectivity index (χ1v) is 8.32. The summed E-state index contributed by atoms with van der Waals surface area (Å²) in [7, 11) is 0. The molecule has 0 bridgehead atoms. The van der Waals surface area contributed by atoms with Gasteiger partial charge in [0.25, 0.3) is 0 Å². The van der Waals surface area contributed by atoms with E-state index in [0.717, 1.165) is 17.5 Å². The van der Waals surface area contributed by atoms with Crippen molar-refractivity contribution in [1.82, 2.24) is 0 Å². The lowest BCUT2D eigenvalue weighted by Gasteiger charge is -2.27. The topological polar surface area (TPSA) is 49.3 Å². The molecule has 1 aromatic rings. The normalized spacial score (nSPS) is 26.7. The summed E-state index contributed by atoms with van der Waals surface area (Å²) in [5.41, 5.74) is 1.40. The van der Waals surface area contributed by atoms with Gasteiger partial charge in [-0.25, -0.2) is 4.79 Å². The molecule has 0 aliphatic heterocycles. The Bertz CT molecular complexity index is 476. The summed E-state index contributed by atoms with van der Waals surface area (Å²) in [6.45, 7) is 0. The van der Waals surface area contributed by atoms with E-state index in [9.17, 15) is 4.79 Å². The number of carboxylic acids is 1. The minimum absolute atomic E-state index is 0.354. The Morgan fingerprint density at radius 2 is 1.67 bits per heavy atom. The maximum atomic E-state index is 10.9. The molecule has 2 aliphatic rings. The minimum Gasteiger partial charge on any atom is -0.478 e. The molecule has 0 spiro atoms. The maximum absolute atomic E-state index is 10.9. The van der Waals surface area contributed by atoms with Crippen LogP contribution in [0.2, 0.25) is 0 Å². The molecule has 0 saturated heterocycles. The van der Waals surface area contributed by atoms with Crippen LogP contribution in [0, 0.1) is 11.8 Å². The number of aromatic carboxylic acids is 1. The number of carboxylic acid groups (broad SMARTS) is 1. The summed E-state index contributed by atoms with van der Waals surface area (Å²) in [4.78, 5) is 10.9. The smallest absolute Gasteiger partial charge is 0.335 e. The molecular formula is C18H25NO2. The van der Waals surface area contributed by atoms with E-state index >= 15 is 0 Å². The van der Waals surface area contributed by atoms with Crippen molar-refractivity contribution in [3.63, 3.8) is 0 Å². The molecule has 3 nitrogen and oxygen atoms in total. The molecule has 0 amide bonds. The highest BCUT2D eigenvalue weighted by Crippen LogP contribution is 2.40. The van der Waals surface area contributed by atoms with Crippen LogP contribution in [0.4, 0.5) is 5.69 Å². The van der Waals surface area contributed by atoms with Crippen molar-refractivity contribution in [3.8, 4) is 0 Å². The quantitative estimate of drug-likeness (QED) is 0.854. The summed E-state index contributed by atoms with van der Waals surface area (Å²) in [5, 5.41) is 12.5. The van der Waals surface area contributed by atoms with Gasteiger partial charge in [0, 0.05) is 11.7 Å². The van der Waals surface area contributed by atoms with Gasteiger partial charge in [0.15, 0.2) is 0 Å². The lowest BCUT2D eigenvalue weighted by atomic mass is 9.79. The molecule has 2 atom stereocenters. The van der Waals surface area contributed by atoms with Crippen LogP contribution in [0.1, 0.15) is 61.7 Å². The Kier molecular flexibility index (Phi) is 4.47. The van der Waals surface area contributed by atoms with Crippen LogP contribution in [-0.4, -0.2) is 17.1 Å². The molecule has 114 valence electrons. The van der Waals surface area contributed by atoms with Crippen molar-refractivity contribution in [2.45, 2.75) is 57.4 Å². The molecule has 0 radical (unpaired) electrons. The SMILES string of the molecule is O=C(O)c1ccc(NC2CCC(C3CCCCC3)C2)cc1. The average Bonchev–Trinajstić information content (AvgIpc) is 2.97. The highest BCUT2D eigenvalue weighted by molar-refractivity contribution is 5.87. The van der Waals surface area contributed by atoms with Gasteiger partial charge in [-0.2, -0.15) is 0 Å². The first-order valence-electron chi connectivity index (χ1n) is 8.32. The molecule has 3 rings (SSSR count). The van der Waals surface area contributed by atoms with E-state index in [1.165, 1.54) is 51.4 Å². The van der Waals surface area contributed by atoms with E-state index in [-0.39, 0.29) is 0 Å². The fourth-order valence-corrected chi connectivity index (χ4v) is 4.13. The number of hydrogen-bond donors (Lipinski definition) is 2. The molecule has 0 aromatic heterocycles. The van der Waals surface area contributed by atoms with Crippen LogP contribution in [0.25, 0.3) is 0 Å². The Morgan fingerprint density at radius 1 is 0.952 bits per heavy atom. The van der Waals surface area contributed by atoms with E-state index in [2.05, 4.69) is 5.32 Å². The molecule has 0 heterocycles. The average molecular weight is 287 g/mol. The molecule has 2 aliphatic carbocycles. The van der Waals surface area contributed by atoms with Crippen LogP contribution in [0.5, 0.6) is 0 Å². The van der Waals surface area contributed by atoms with E-state index in [1.807, 2.05) is 12.1 Å². The highest BCUT2D eigenvalue weighted by atomic mass is 16.4. The van der Waals surface area contributed by atoms with Gasteiger partial charge in [-0.1, -0.05) is 32.1 Å². The zero-order valence-corrected chi connectivity index (χ0v) is 12.6. The number of carbonyl (C=O) groups is 1. The van der Waals surface area contributed by atoms with Crippen LogP contribution >= 0.6 is 0 Å². The third-order valence-electron chi connectivity index (χ3n) is 5.29. The van der Waals surface area contributed by atoms with Crippen LogP contribution in [0.3, 0.4) is 0 Å². The summed E-state index contributed by atoms with van der Waals surface area (Å²) >= 11 is 0. The predicted molar refractivity (Wildman–Crippen MR) is 84.7 cm³/mol. The first-order chi connectivity index (χ1) is 10.2. The third kappa shape index (κ3) is 3.58. The summed E-state index contributed by atoms with van der Waals surface area (Å²) < 4.78 is 0. The van der Waals surface area contributed by atoms with Crippen molar-refractivity contribution in [3.05, 3.63) is 29.8 Å². The predicted octanol–water partition coefficient (Wildman–Crippen LogP) is 4.55. The van der Waals surface area contributed by atoms with Crippen molar-refractivity contribution < 1.29 is 9.90 Å². The summed E-state index contributed by atoms with van der Waals surface area (Å²) in [6, 6.07) is 7.69. The summed E-state index contributed by atoms with van der Waals surface area (Å²) in [5.74, 6) is 1.00. The third-order valence-corrected chi connectivity index (χ3v) is 5.29. The van der Waals surface area contributed by atoms with Gasteiger partial charge in [-0.05, 0) is 55.4 Å². The van der Waals surface area contributed by atoms with Gasteiger partial charge in [0.05, 0.1) is 5.56 Å². The van der Waals surface area contributed by atoms with Crippen molar-refractivity contribution in [2.75, 3.05) is 5.32 Å². The van der Waals surface area contributed by atoms with Gasteiger partial charge in [0.2, 0.25) is 0 Å². The molecule has 2 saturated carbocycles. The Labute approximate surface area is 126 Å².